The lowest BCUT2D eigenvalue weighted by Crippen LogP contribution is -2.20. The Morgan fingerprint density at radius 3 is 2.94 bits per heavy atom. The van der Waals surface area contributed by atoms with E-state index in [1.54, 1.807) is 6.07 Å². The lowest BCUT2D eigenvalue weighted by Gasteiger charge is -2.24. The minimum atomic E-state index is -0.105. The second kappa shape index (κ2) is 3.95. The minimum Gasteiger partial charge on any atom is -0.315 e. The summed E-state index contributed by atoms with van der Waals surface area (Å²) < 4.78 is 15.8. The van der Waals surface area contributed by atoms with Gasteiger partial charge >= 0.3 is 0 Å². The number of aromatic nitrogens is 3. The average molecular weight is 231 g/mol. The van der Waals surface area contributed by atoms with Crippen LogP contribution in [0, 0.1) is 12.7 Å². The SMILES string of the molecule is Cc1nnc2n1CC(c1ccccc1F)CC2. The number of aryl methyl sites for hydroxylation is 2. The molecule has 3 nitrogen and oxygen atoms in total. The summed E-state index contributed by atoms with van der Waals surface area (Å²) in [6, 6.07) is 7.04. The van der Waals surface area contributed by atoms with Gasteiger partial charge in [-0.2, -0.15) is 0 Å². The number of hydrogen-bond acceptors (Lipinski definition) is 2. The lowest BCUT2D eigenvalue weighted by molar-refractivity contribution is 0.435. The van der Waals surface area contributed by atoms with Gasteiger partial charge in [0, 0.05) is 18.9 Å². The van der Waals surface area contributed by atoms with Gasteiger partial charge in [0.25, 0.3) is 0 Å². The summed E-state index contributed by atoms with van der Waals surface area (Å²) in [5.41, 5.74) is 0.811. The molecule has 4 heteroatoms. The van der Waals surface area contributed by atoms with Gasteiger partial charge in [0.05, 0.1) is 0 Å². The highest BCUT2D eigenvalue weighted by atomic mass is 19.1. The first-order valence-corrected chi connectivity index (χ1v) is 5.89. The summed E-state index contributed by atoms with van der Waals surface area (Å²) in [6.45, 7) is 2.73. The van der Waals surface area contributed by atoms with Crippen LogP contribution < -0.4 is 0 Å². The van der Waals surface area contributed by atoms with Crippen molar-refractivity contribution < 1.29 is 4.39 Å². The molecule has 1 aromatic heterocycles. The summed E-state index contributed by atoms with van der Waals surface area (Å²) in [5, 5.41) is 8.19. The van der Waals surface area contributed by atoms with Gasteiger partial charge in [-0.3, -0.25) is 0 Å². The maximum absolute atomic E-state index is 13.7. The molecule has 3 rings (SSSR count). The Hall–Kier alpha value is -1.71. The molecule has 0 amide bonds. The van der Waals surface area contributed by atoms with Crippen molar-refractivity contribution in [3.8, 4) is 0 Å². The molecule has 1 unspecified atom stereocenters. The van der Waals surface area contributed by atoms with Gasteiger partial charge in [-0.05, 0) is 25.0 Å². The molecular weight excluding hydrogens is 217 g/mol. The molecule has 0 spiro atoms. The summed E-state index contributed by atoms with van der Waals surface area (Å²) in [6.07, 6.45) is 1.82. The molecule has 1 aromatic carbocycles. The summed E-state index contributed by atoms with van der Waals surface area (Å²) >= 11 is 0. The van der Waals surface area contributed by atoms with E-state index >= 15 is 0 Å². The van der Waals surface area contributed by atoms with Gasteiger partial charge in [0.15, 0.2) is 0 Å². The maximum Gasteiger partial charge on any atom is 0.133 e. The monoisotopic (exact) mass is 231 g/mol. The zero-order chi connectivity index (χ0) is 11.8. The first kappa shape index (κ1) is 10.4. The molecule has 2 aromatic rings. The quantitative estimate of drug-likeness (QED) is 0.754. The number of halogens is 1. The molecule has 0 N–H and O–H groups in total. The second-order valence-corrected chi connectivity index (χ2v) is 4.53. The van der Waals surface area contributed by atoms with Crippen LogP contribution in [0.4, 0.5) is 4.39 Å². The molecule has 88 valence electrons. The molecule has 17 heavy (non-hydrogen) atoms. The molecule has 0 radical (unpaired) electrons. The predicted octanol–water partition coefficient (Wildman–Crippen LogP) is 2.46. The molecular formula is C13H14FN3. The molecule has 0 saturated carbocycles. The zero-order valence-electron chi connectivity index (χ0n) is 9.73. The average Bonchev–Trinajstić information content (AvgIpc) is 2.71. The van der Waals surface area contributed by atoms with E-state index in [1.807, 2.05) is 19.1 Å². The van der Waals surface area contributed by atoms with E-state index < -0.39 is 0 Å². The van der Waals surface area contributed by atoms with Crippen LogP contribution in [0.15, 0.2) is 24.3 Å². The van der Waals surface area contributed by atoms with Crippen LogP contribution in [0.25, 0.3) is 0 Å². The fourth-order valence-corrected chi connectivity index (χ4v) is 2.52. The van der Waals surface area contributed by atoms with Crippen LogP contribution in [-0.2, 0) is 13.0 Å². The van der Waals surface area contributed by atoms with Crippen LogP contribution in [0.5, 0.6) is 0 Å². The smallest absolute Gasteiger partial charge is 0.133 e. The van der Waals surface area contributed by atoms with Gasteiger partial charge in [0.2, 0.25) is 0 Å². The number of nitrogens with zero attached hydrogens (tertiary/aromatic N) is 3. The van der Waals surface area contributed by atoms with Gasteiger partial charge in [0.1, 0.15) is 17.5 Å². The Balaban J connectivity index is 1.94. The third-order valence-corrected chi connectivity index (χ3v) is 3.48. The van der Waals surface area contributed by atoms with E-state index in [0.29, 0.717) is 0 Å². The number of rotatable bonds is 1. The molecule has 0 saturated heterocycles. The Bertz CT molecular complexity index is 547. The van der Waals surface area contributed by atoms with Gasteiger partial charge in [-0.1, -0.05) is 18.2 Å². The largest absolute Gasteiger partial charge is 0.315 e. The highest BCUT2D eigenvalue weighted by Crippen LogP contribution is 2.30. The standard InChI is InChI=1S/C13H14FN3/c1-9-15-16-13-7-6-10(8-17(9)13)11-4-2-3-5-12(11)14/h2-5,10H,6-8H2,1H3. The fraction of sp³-hybridized carbons (Fsp3) is 0.385. The highest BCUT2D eigenvalue weighted by Gasteiger charge is 2.24. The maximum atomic E-state index is 13.7. The van der Waals surface area contributed by atoms with Crippen LogP contribution in [0.2, 0.25) is 0 Å². The van der Waals surface area contributed by atoms with Crippen molar-refractivity contribution in [2.45, 2.75) is 32.2 Å². The van der Waals surface area contributed by atoms with Crippen molar-refractivity contribution in [1.29, 1.82) is 0 Å². The Morgan fingerprint density at radius 1 is 1.29 bits per heavy atom. The molecule has 0 fully saturated rings. The van der Waals surface area contributed by atoms with E-state index in [0.717, 1.165) is 36.6 Å². The summed E-state index contributed by atoms with van der Waals surface area (Å²) in [4.78, 5) is 0. The Kier molecular flexibility index (Phi) is 2.42. The van der Waals surface area contributed by atoms with E-state index in [4.69, 9.17) is 0 Å². The topological polar surface area (TPSA) is 30.7 Å². The van der Waals surface area contributed by atoms with Crippen LogP contribution in [0.3, 0.4) is 0 Å². The zero-order valence-corrected chi connectivity index (χ0v) is 9.73. The molecule has 0 bridgehead atoms. The summed E-state index contributed by atoms with van der Waals surface area (Å²) in [5.74, 6) is 2.07. The number of hydrogen-bond donors (Lipinski definition) is 0. The third-order valence-electron chi connectivity index (χ3n) is 3.48. The van der Waals surface area contributed by atoms with Crippen molar-refractivity contribution in [2.75, 3.05) is 0 Å². The van der Waals surface area contributed by atoms with Gasteiger partial charge in [-0.15, -0.1) is 10.2 Å². The first-order chi connectivity index (χ1) is 8.25. The van der Waals surface area contributed by atoms with E-state index in [9.17, 15) is 4.39 Å². The second-order valence-electron chi connectivity index (χ2n) is 4.53. The first-order valence-electron chi connectivity index (χ1n) is 5.89. The third kappa shape index (κ3) is 1.73. The normalized spacial score (nSPS) is 19.1. The van der Waals surface area contributed by atoms with Gasteiger partial charge < -0.3 is 4.57 Å². The van der Waals surface area contributed by atoms with Crippen molar-refractivity contribution in [3.05, 3.63) is 47.3 Å². The van der Waals surface area contributed by atoms with Crippen molar-refractivity contribution >= 4 is 0 Å². The van der Waals surface area contributed by atoms with E-state index in [-0.39, 0.29) is 11.7 Å². The van der Waals surface area contributed by atoms with Gasteiger partial charge in [-0.25, -0.2) is 4.39 Å². The van der Waals surface area contributed by atoms with E-state index in [2.05, 4.69) is 14.8 Å². The number of fused-ring (bicyclic) bond motifs is 1. The predicted molar refractivity (Wildman–Crippen MR) is 62.2 cm³/mol. The van der Waals surface area contributed by atoms with E-state index in [1.165, 1.54) is 6.07 Å². The Labute approximate surface area is 99.3 Å². The van der Waals surface area contributed by atoms with Crippen LogP contribution in [0.1, 0.15) is 29.6 Å². The van der Waals surface area contributed by atoms with Crippen LogP contribution >= 0.6 is 0 Å². The Morgan fingerprint density at radius 2 is 2.12 bits per heavy atom. The van der Waals surface area contributed by atoms with Crippen molar-refractivity contribution in [1.82, 2.24) is 14.8 Å². The number of benzene rings is 1. The molecule has 1 atom stereocenters. The lowest BCUT2D eigenvalue weighted by atomic mass is 9.91. The molecule has 1 aliphatic heterocycles. The molecule has 2 heterocycles. The fourth-order valence-electron chi connectivity index (χ4n) is 2.52. The van der Waals surface area contributed by atoms with Crippen LogP contribution in [-0.4, -0.2) is 14.8 Å². The minimum absolute atomic E-state index is 0.105. The molecule has 1 aliphatic rings. The highest BCUT2D eigenvalue weighted by molar-refractivity contribution is 5.23. The van der Waals surface area contributed by atoms with Crippen molar-refractivity contribution in [2.24, 2.45) is 0 Å². The van der Waals surface area contributed by atoms with Crippen molar-refractivity contribution in [3.63, 3.8) is 0 Å². The molecule has 0 aliphatic carbocycles. The summed E-state index contributed by atoms with van der Waals surface area (Å²) in [7, 11) is 0.